The molecule has 1 aromatic heterocycles. The molecule has 0 fully saturated rings. The minimum Gasteiger partial charge on any atom is -0.317 e. The molecule has 2 aromatic carbocycles. The summed E-state index contributed by atoms with van der Waals surface area (Å²) in [6.45, 7) is 8.19. The first-order valence-electron chi connectivity index (χ1n) is 9.44. The molecule has 0 aliphatic carbocycles. The van der Waals surface area contributed by atoms with Crippen LogP contribution in [0.4, 0.5) is 5.69 Å². The predicted octanol–water partition coefficient (Wildman–Crippen LogP) is 4.56. The fourth-order valence-corrected chi connectivity index (χ4v) is 3.76. The van der Waals surface area contributed by atoms with Crippen molar-refractivity contribution >= 4 is 39.6 Å². The first-order valence-corrected chi connectivity index (χ1v) is 10.2. The number of hydrogen-bond donors (Lipinski definition) is 2. The monoisotopic (exact) mass is 466 g/mol. The lowest BCUT2D eigenvalue weighted by molar-refractivity contribution is -0.136. The largest absolute Gasteiger partial charge is 0.329 e. The molecule has 0 bridgehead atoms. The maximum atomic E-state index is 12.1. The molecule has 3 rings (SSSR count). The number of rotatable bonds is 4. The standard InChI is InChI=1S/C23H23BrN4O2/c1-14-8-7-9-15(2)21(14)28-16(3)12-18(17(28)4)13-25-27-23(30)22(29)26-20-11-6-5-10-19(20)24/h5-13H,1-4H3,(H,26,29)(H,27,30)/b25-13-. The van der Waals surface area contributed by atoms with Crippen LogP contribution in [0.1, 0.15) is 28.1 Å². The Labute approximate surface area is 184 Å². The molecule has 1 heterocycles. The van der Waals surface area contributed by atoms with E-state index in [0.29, 0.717) is 10.2 Å². The van der Waals surface area contributed by atoms with Crippen molar-refractivity contribution in [1.29, 1.82) is 0 Å². The summed E-state index contributed by atoms with van der Waals surface area (Å²) in [7, 11) is 0. The molecular formula is C23H23BrN4O2. The highest BCUT2D eigenvalue weighted by Gasteiger charge is 2.15. The third-order valence-electron chi connectivity index (χ3n) is 4.83. The Balaban J connectivity index is 1.73. The Hall–Kier alpha value is -3.19. The van der Waals surface area contributed by atoms with Crippen LogP contribution < -0.4 is 10.7 Å². The van der Waals surface area contributed by atoms with Gasteiger partial charge in [0.2, 0.25) is 0 Å². The van der Waals surface area contributed by atoms with Crippen molar-refractivity contribution in [2.75, 3.05) is 5.32 Å². The second-order valence-corrected chi connectivity index (χ2v) is 7.89. The van der Waals surface area contributed by atoms with Gasteiger partial charge in [0.15, 0.2) is 0 Å². The Kier molecular flexibility index (Phi) is 6.52. The highest BCUT2D eigenvalue weighted by molar-refractivity contribution is 9.10. The van der Waals surface area contributed by atoms with Gasteiger partial charge in [-0.15, -0.1) is 0 Å². The lowest BCUT2D eigenvalue weighted by Crippen LogP contribution is -2.32. The summed E-state index contributed by atoms with van der Waals surface area (Å²) in [6.07, 6.45) is 1.55. The van der Waals surface area contributed by atoms with Gasteiger partial charge in [0.1, 0.15) is 0 Å². The number of anilines is 1. The molecule has 6 nitrogen and oxygen atoms in total. The van der Waals surface area contributed by atoms with E-state index in [1.165, 1.54) is 11.1 Å². The third kappa shape index (κ3) is 4.52. The van der Waals surface area contributed by atoms with E-state index in [9.17, 15) is 9.59 Å². The van der Waals surface area contributed by atoms with Gasteiger partial charge < -0.3 is 9.88 Å². The molecule has 154 valence electrons. The SMILES string of the molecule is Cc1cccc(C)c1-n1c(C)cc(/C=N\NC(=O)C(=O)Nc2ccccc2Br)c1C. The highest BCUT2D eigenvalue weighted by atomic mass is 79.9. The second kappa shape index (κ2) is 9.09. The zero-order valence-electron chi connectivity index (χ0n) is 17.3. The molecule has 0 aliphatic heterocycles. The van der Waals surface area contributed by atoms with Crippen molar-refractivity contribution in [3.05, 3.63) is 81.1 Å². The second-order valence-electron chi connectivity index (χ2n) is 7.04. The summed E-state index contributed by atoms with van der Waals surface area (Å²) in [5, 5.41) is 6.51. The minimum atomic E-state index is -0.842. The summed E-state index contributed by atoms with van der Waals surface area (Å²) in [4.78, 5) is 24.1. The average molecular weight is 467 g/mol. The normalized spacial score (nSPS) is 11.0. The van der Waals surface area contributed by atoms with Crippen LogP contribution in [0.3, 0.4) is 0 Å². The van der Waals surface area contributed by atoms with Crippen LogP contribution in [0.25, 0.3) is 5.69 Å². The minimum absolute atomic E-state index is 0.513. The fourth-order valence-electron chi connectivity index (χ4n) is 3.37. The number of aryl methyl sites for hydroxylation is 3. The van der Waals surface area contributed by atoms with E-state index < -0.39 is 11.8 Å². The number of carbonyl (C=O) groups excluding carboxylic acids is 2. The van der Waals surface area contributed by atoms with Crippen LogP contribution in [0.5, 0.6) is 0 Å². The van der Waals surface area contributed by atoms with E-state index in [0.717, 1.165) is 22.6 Å². The van der Waals surface area contributed by atoms with Gasteiger partial charge in [-0.25, -0.2) is 5.43 Å². The van der Waals surface area contributed by atoms with Gasteiger partial charge in [-0.05, 0) is 73.0 Å². The smallest absolute Gasteiger partial charge is 0.317 e. The number of hydrogen-bond acceptors (Lipinski definition) is 3. The molecule has 7 heteroatoms. The first-order chi connectivity index (χ1) is 14.3. The van der Waals surface area contributed by atoms with Crippen molar-refractivity contribution in [2.45, 2.75) is 27.7 Å². The summed E-state index contributed by atoms with van der Waals surface area (Å²) < 4.78 is 2.86. The summed E-state index contributed by atoms with van der Waals surface area (Å²) in [6, 6.07) is 15.3. The van der Waals surface area contributed by atoms with E-state index in [4.69, 9.17) is 0 Å². The molecule has 0 saturated heterocycles. The zero-order chi connectivity index (χ0) is 21.8. The summed E-state index contributed by atoms with van der Waals surface area (Å²) >= 11 is 3.33. The predicted molar refractivity (Wildman–Crippen MR) is 123 cm³/mol. The number of carbonyl (C=O) groups is 2. The number of para-hydroxylation sites is 2. The summed E-state index contributed by atoms with van der Waals surface area (Å²) in [5.74, 6) is -1.63. The lowest BCUT2D eigenvalue weighted by atomic mass is 10.1. The van der Waals surface area contributed by atoms with Crippen LogP contribution in [0.15, 0.2) is 58.1 Å². The number of hydrazone groups is 1. The highest BCUT2D eigenvalue weighted by Crippen LogP contribution is 2.25. The van der Waals surface area contributed by atoms with Gasteiger partial charge in [0.05, 0.1) is 17.6 Å². The van der Waals surface area contributed by atoms with E-state index in [-0.39, 0.29) is 0 Å². The number of halogens is 1. The van der Waals surface area contributed by atoms with E-state index >= 15 is 0 Å². The van der Waals surface area contributed by atoms with Crippen molar-refractivity contribution in [1.82, 2.24) is 9.99 Å². The van der Waals surface area contributed by atoms with Gasteiger partial charge in [-0.2, -0.15) is 5.10 Å². The van der Waals surface area contributed by atoms with E-state index in [1.54, 1.807) is 24.4 Å². The van der Waals surface area contributed by atoms with Crippen molar-refractivity contribution in [3.8, 4) is 5.69 Å². The molecule has 2 N–H and O–H groups in total. The van der Waals surface area contributed by atoms with Crippen LogP contribution in [0.2, 0.25) is 0 Å². The molecule has 0 atom stereocenters. The topological polar surface area (TPSA) is 75.5 Å². The number of nitrogens with zero attached hydrogens (tertiary/aromatic N) is 2. The molecule has 0 spiro atoms. The molecule has 30 heavy (non-hydrogen) atoms. The van der Waals surface area contributed by atoms with E-state index in [2.05, 4.69) is 62.3 Å². The number of benzene rings is 2. The van der Waals surface area contributed by atoms with Crippen LogP contribution >= 0.6 is 15.9 Å². The van der Waals surface area contributed by atoms with Gasteiger partial charge in [0.25, 0.3) is 0 Å². The molecule has 0 saturated carbocycles. The maximum Gasteiger partial charge on any atom is 0.329 e. The molecule has 0 radical (unpaired) electrons. The molecular weight excluding hydrogens is 444 g/mol. The lowest BCUT2D eigenvalue weighted by Gasteiger charge is -2.15. The first kappa shape index (κ1) is 21.5. The van der Waals surface area contributed by atoms with Crippen molar-refractivity contribution in [3.63, 3.8) is 0 Å². The number of amides is 2. The zero-order valence-corrected chi connectivity index (χ0v) is 18.9. The number of nitrogens with one attached hydrogen (secondary N) is 2. The maximum absolute atomic E-state index is 12.1. The Morgan fingerprint density at radius 3 is 2.30 bits per heavy atom. The van der Waals surface area contributed by atoms with Gasteiger partial charge in [-0.1, -0.05) is 30.3 Å². The van der Waals surface area contributed by atoms with Crippen molar-refractivity contribution in [2.24, 2.45) is 5.10 Å². The van der Waals surface area contributed by atoms with Crippen molar-refractivity contribution < 1.29 is 9.59 Å². The van der Waals surface area contributed by atoms with Crippen LogP contribution in [-0.2, 0) is 9.59 Å². The average Bonchev–Trinajstić information content (AvgIpc) is 2.97. The van der Waals surface area contributed by atoms with Gasteiger partial charge in [-0.3, -0.25) is 9.59 Å². The Bertz CT molecular complexity index is 1130. The number of aromatic nitrogens is 1. The van der Waals surface area contributed by atoms with Crippen LogP contribution in [-0.4, -0.2) is 22.6 Å². The third-order valence-corrected chi connectivity index (χ3v) is 5.52. The van der Waals surface area contributed by atoms with Gasteiger partial charge >= 0.3 is 11.8 Å². The van der Waals surface area contributed by atoms with E-state index in [1.807, 2.05) is 32.0 Å². The van der Waals surface area contributed by atoms with Crippen LogP contribution in [0, 0.1) is 27.7 Å². The Morgan fingerprint density at radius 2 is 1.63 bits per heavy atom. The fraction of sp³-hybridized carbons (Fsp3) is 0.174. The summed E-state index contributed by atoms with van der Waals surface area (Å²) in [5.41, 5.74) is 9.22. The molecule has 0 unspecified atom stereocenters. The van der Waals surface area contributed by atoms with Gasteiger partial charge in [0, 0.05) is 21.4 Å². The molecule has 3 aromatic rings. The molecule has 0 aliphatic rings. The molecule has 2 amide bonds. The quantitative estimate of drug-likeness (QED) is 0.335. The Morgan fingerprint density at radius 1 is 0.967 bits per heavy atom.